The maximum atomic E-state index is 14.3. The molecule has 1 aromatic heterocycles. The van der Waals surface area contributed by atoms with Crippen molar-refractivity contribution in [2.24, 2.45) is 17.8 Å². The fourth-order valence-electron chi connectivity index (χ4n) is 6.77. The van der Waals surface area contributed by atoms with E-state index in [2.05, 4.69) is 19.2 Å². The van der Waals surface area contributed by atoms with Crippen LogP contribution in [-0.2, 0) is 15.1 Å². The number of benzene rings is 3. The van der Waals surface area contributed by atoms with Crippen molar-refractivity contribution >= 4 is 28.4 Å². The predicted molar refractivity (Wildman–Crippen MR) is 140 cm³/mol. The van der Waals surface area contributed by atoms with Gasteiger partial charge in [-0.2, -0.15) is 0 Å². The van der Waals surface area contributed by atoms with Crippen LogP contribution in [0.2, 0.25) is 0 Å². The number of fused-ring (bicyclic) bond motifs is 8. The molecule has 0 radical (unpaired) electrons. The number of rotatable bonds is 3. The van der Waals surface area contributed by atoms with Crippen LogP contribution in [-0.4, -0.2) is 27.4 Å². The lowest BCUT2D eigenvalue weighted by molar-refractivity contribution is -0.123. The molecule has 3 aliphatic rings. The highest BCUT2D eigenvalue weighted by Crippen LogP contribution is 2.56. The second kappa shape index (κ2) is 7.91. The van der Waals surface area contributed by atoms with E-state index >= 15 is 0 Å². The molecule has 0 bridgehead atoms. The number of anilines is 1. The van der Waals surface area contributed by atoms with Crippen LogP contribution < -0.4 is 15.8 Å². The summed E-state index contributed by atoms with van der Waals surface area (Å²) < 4.78 is 15.3. The van der Waals surface area contributed by atoms with E-state index in [1.54, 1.807) is 22.8 Å². The smallest absolute Gasteiger partial charge is 0.266 e. The van der Waals surface area contributed by atoms with Crippen LogP contribution in [0, 0.1) is 23.6 Å². The molecule has 4 heterocycles. The molecule has 2 unspecified atom stereocenters. The van der Waals surface area contributed by atoms with Gasteiger partial charge in [0.15, 0.2) is 0 Å². The maximum absolute atomic E-state index is 14.3. The highest BCUT2D eigenvalue weighted by Gasteiger charge is 2.69. The molecule has 190 valence electrons. The minimum Gasteiger partial charge on any atom is -0.297 e. The van der Waals surface area contributed by atoms with Gasteiger partial charge in [0.25, 0.3) is 5.56 Å². The van der Waals surface area contributed by atoms with Gasteiger partial charge in [-0.25, -0.2) is 14.3 Å². The Bertz CT molecular complexity index is 1710. The largest absolute Gasteiger partial charge is 0.297 e. The van der Waals surface area contributed by atoms with E-state index in [0.717, 1.165) is 5.56 Å². The minimum absolute atomic E-state index is 0.215. The number of imide groups is 1. The number of hydrogen-bond acceptors (Lipinski definition) is 5. The number of para-hydroxylation sites is 2. The standard InChI is InChI=1S/C30H25FN4O3/c1-16(2)15-22-24-25(28(38)34(27(24)37)18-13-11-17(31)12-14-18)30(33-22)20-8-4-6-10-23(20)35-26(36)19-7-3-5-9-21(19)32-29(30)35/h3-14,16,22,24-25,33H,15H2,1-2H3/t22?,24-,25+,30?/m0/s1. The van der Waals surface area contributed by atoms with E-state index in [4.69, 9.17) is 4.98 Å². The van der Waals surface area contributed by atoms with Crippen LogP contribution in [0.1, 0.15) is 31.7 Å². The van der Waals surface area contributed by atoms with Crippen molar-refractivity contribution in [2.75, 3.05) is 4.90 Å². The Morgan fingerprint density at radius 3 is 2.42 bits per heavy atom. The first kappa shape index (κ1) is 23.0. The zero-order valence-electron chi connectivity index (χ0n) is 20.9. The number of carbonyl (C=O) groups is 2. The molecule has 0 aliphatic carbocycles. The van der Waals surface area contributed by atoms with Crippen LogP contribution in [0.15, 0.2) is 77.6 Å². The quantitative estimate of drug-likeness (QED) is 0.425. The van der Waals surface area contributed by atoms with Crippen LogP contribution in [0.25, 0.3) is 16.6 Å². The first-order valence-electron chi connectivity index (χ1n) is 12.9. The number of halogens is 1. The highest BCUT2D eigenvalue weighted by atomic mass is 19.1. The first-order valence-corrected chi connectivity index (χ1v) is 12.9. The van der Waals surface area contributed by atoms with Gasteiger partial charge >= 0.3 is 0 Å². The highest BCUT2D eigenvalue weighted by molar-refractivity contribution is 6.23. The second-order valence-corrected chi connectivity index (χ2v) is 10.8. The number of nitrogens with zero attached hydrogens (tertiary/aromatic N) is 3. The van der Waals surface area contributed by atoms with Crippen LogP contribution in [0.3, 0.4) is 0 Å². The number of amides is 2. The van der Waals surface area contributed by atoms with Gasteiger partial charge in [-0.1, -0.05) is 44.2 Å². The third-order valence-corrected chi connectivity index (χ3v) is 8.17. The summed E-state index contributed by atoms with van der Waals surface area (Å²) in [5.41, 5.74) is 0.891. The zero-order chi connectivity index (χ0) is 26.3. The Labute approximate surface area is 217 Å². The van der Waals surface area contributed by atoms with Gasteiger partial charge in [0, 0.05) is 11.6 Å². The first-order chi connectivity index (χ1) is 18.3. The average molecular weight is 509 g/mol. The third kappa shape index (κ3) is 2.86. The van der Waals surface area contributed by atoms with Gasteiger partial charge in [0.05, 0.1) is 34.1 Å². The molecule has 2 fully saturated rings. The zero-order valence-corrected chi connectivity index (χ0v) is 20.9. The molecule has 0 saturated carbocycles. The second-order valence-electron chi connectivity index (χ2n) is 10.8. The predicted octanol–water partition coefficient (Wildman–Crippen LogP) is 3.91. The van der Waals surface area contributed by atoms with E-state index in [9.17, 15) is 18.8 Å². The van der Waals surface area contributed by atoms with Crippen molar-refractivity contribution in [1.82, 2.24) is 14.9 Å². The number of aromatic nitrogens is 2. The SMILES string of the molecule is CC(C)CC1NC2(c3ccccc3-n3c2nc2ccccc2c3=O)[C@H]2C(=O)N(c3ccc(F)cc3)C(=O)[C@@H]12. The van der Waals surface area contributed by atoms with Crippen molar-refractivity contribution in [3.63, 3.8) is 0 Å². The Hall–Kier alpha value is -4.17. The maximum Gasteiger partial charge on any atom is 0.266 e. The lowest BCUT2D eigenvalue weighted by atomic mass is 9.75. The van der Waals surface area contributed by atoms with E-state index in [1.165, 1.54) is 29.2 Å². The van der Waals surface area contributed by atoms with Gasteiger partial charge in [-0.05, 0) is 54.8 Å². The minimum atomic E-state index is -1.18. The molecule has 3 aliphatic heterocycles. The summed E-state index contributed by atoms with van der Waals surface area (Å²) in [6.07, 6.45) is 0.652. The molecule has 2 saturated heterocycles. The topological polar surface area (TPSA) is 84.3 Å². The number of carbonyl (C=O) groups excluding carboxylic acids is 2. The lowest BCUT2D eigenvalue weighted by Crippen LogP contribution is -2.50. The van der Waals surface area contributed by atoms with Crippen molar-refractivity contribution in [3.05, 3.63) is 100 Å². The van der Waals surface area contributed by atoms with E-state index in [1.807, 2.05) is 30.3 Å². The summed E-state index contributed by atoms with van der Waals surface area (Å²) in [7, 11) is 0. The van der Waals surface area contributed by atoms with Gasteiger partial charge in [0.1, 0.15) is 17.2 Å². The Balaban J connectivity index is 1.52. The molecule has 8 heteroatoms. The van der Waals surface area contributed by atoms with Gasteiger partial charge in [0.2, 0.25) is 11.8 Å². The molecule has 4 aromatic rings. The van der Waals surface area contributed by atoms with E-state index < -0.39 is 23.2 Å². The normalized spacial score (nSPS) is 25.5. The molecule has 3 aromatic carbocycles. The average Bonchev–Trinajstić information content (AvgIpc) is 3.48. The van der Waals surface area contributed by atoms with Gasteiger partial charge < -0.3 is 0 Å². The van der Waals surface area contributed by atoms with Gasteiger partial charge in [-0.3, -0.25) is 24.3 Å². The van der Waals surface area contributed by atoms with Crippen LogP contribution in [0.4, 0.5) is 10.1 Å². The molecule has 4 atom stereocenters. The summed E-state index contributed by atoms with van der Waals surface area (Å²) >= 11 is 0. The van der Waals surface area contributed by atoms with Crippen LogP contribution >= 0.6 is 0 Å². The van der Waals surface area contributed by atoms with Crippen molar-refractivity contribution < 1.29 is 14.0 Å². The Kier molecular flexibility index (Phi) is 4.79. The molecule has 7 nitrogen and oxygen atoms in total. The fraction of sp³-hybridized carbons (Fsp3) is 0.267. The molecular formula is C30H25FN4O3. The molecule has 1 N–H and O–H groups in total. The Morgan fingerprint density at radius 1 is 0.947 bits per heavy atom. The summed E-state index contributed by atoms with van der Waals surface area (Å²) in [5.74, 6) is -1.97. The Morgan fingerprint density at radius 2 is 1.66 bits per heavy atom. The summed E-state index contributed by atoms with van der Waals surface area (Å²) in [6.45, 7) is 4.15. The molecular weight excluding hydrogens is 483 g/mol. The van der Waals surface area contributed by atoms with Crippen molar-refractivity contribution in [1.29, 1.82) is 0 Å². The van der Waals surface area contributed by atoms with E-state index in [0.29, 0.717) is 34.5 Å². The third-order valence-electron chi connectivity index (χ3n) is 8.17. The molecule has 1 spiro atoms. The number of nitrogens with one attached hydrogen (secondary N) is 1. The molecule has 2 amide bonds. The van der Waals surface area contributed by atoms with Crippen molar-refractivity contribution in [2.45, 2.75) is 31.8 Å². The van der Waals surface area contributed by atoms with Crippen molar-refractivity contribution in [3.8, 4) is 5.69 Å². The van der Waals surface area contributed by atoms with Gasteiger partial charge in [-0.15, -0.1) is 0 Å². The molecule has 38 heavy (non-hydrogen) atoms. The van der Waals surface area contributed by atoms with Crippen LogP contribution in [0.5, 0.6) is 0 Å². The van der Waals surface area contributed by atoms with E-state index in [-0.39, 0.29) is 29.3 Å². The number of hydrogen-bond donors (Lipinski definition) is 1. The lowest BCUT2D eigenvalue weighted by Gasteiger charge is -2.32. The monoisotopic (exact) mass is 508 g/mol. The summed E-state index contributed by atoms with van der Waals surface area (Å²) in [6, 6.07) is 19.7. The summed E-state index contributed by atoms with van der Waals surface area (Å²) in [5, 5.41) is 4.18. The summed E-state index contributed by atoms with van der Waals surface area (Å²) in [4.78, 5) is 48.3. The molecule has 7 rings (SSSR count). The fourth-order valence-corrected chi connectivity index (χ4v) is 6.77.